The second-order valence-electron chi connectivity index (χ2n) is 3.25. The molecule has 0 radical (unpaired) electrons. The van der Waals surface area contributed by atoms with Gasteiger partial charge in [0, 0.05) is 17.7 Å². The third-order valence-electron chi connectivity index (χ3n) is 1.80. The van der Waals surface area contributed by atoms with E-state index in [4.69, 9.17) is 5.41 Å². The fourth-order valence-corrected chi connectivity index (χ4v) is 1.08. The summed E-state index contributed by atoms with van der Waals surface area (Å²) in [5.41, 5.74) is 2.24. The van der Waals surface area contributed by atoms with E-state index in [9.17, 15) is 4.79 Å². The van der Waals surface area contributed by atoms with Gasteiger partial charge in [-0.05, 0) is 13.8 Å². The van der Waals surface area contributed by atoms with E-state index in [-0.39, 0.29) is 12.2 Å². The lowest BCUT2D eigenvalue weighted by Gasteiger charge is -1.99. The van der Waals surface area contributed by atoms with Gasteiger partial charge in [-0.3, -0.25) is 4.79 Å². The topological polar surface area (TPSA) is 40.9 Å². The Balaban J connectivity index is 2.78. The maximum absolute atomic E-state index is 11.4. The van der Waals surface area contributed by atoms with Crippen molar-refractivity contribution in [2.24, 2.45) is 0 Å². The Morgan fingerprint density at radius 2 is 1.85 bits per heavy atom. The van der Waals surface area contributed by atoms with E-state index in [2.05, 4.69) is 0 Å². The van der Waals surface area contributed by atoms with Gasteiger partial charge in [0.05, 0.1) is 0 Å². The number of aryl methyl sites for hydroxylation is 1. The van der Waals surface area contributed by atoms with Crippen LogP contribution in [0.1, 0.15) is 29.3 Å². The van der Waals surface area contributed by atoms with Gasteiger partial charge in [0.1, 0.15) is 0 Å². The highest BCUT2D eigenvalue weighted by Gasteiger charge is 2.05. The van der Waals surface area contributed by atoms with Crippen molar-refractivity contribution >= 4 is 11.5 Å². The van der Waals surface area contributed by atoms with Crippen LogP contribution < -0.4 is 0 Å². The molecule has 0 aliphatic heterocycles. The predicted octanol–water partition coefficient (Wildman–Crippen LogP) is 2.61. The number of ketones is 1. The van der Waals surface area contributed by atoms with Gasteiger partial charge in [0.2, 0.25) is 0 Å². The van der Waals surface area contributed by atoms with Gasteiger partial charge < -0.3 is 5.41 Å². The first-order valence-electron chi connectivity index (χ1n) is 4.23. The summed E-state index contributed by atoms with van der Waals surface area (Å²) in [6.07, 6.45) is 0.225. The molecule has 0 spiro atoms. The van der Waals surface area contributed by atoms with Crippen molar-refractivity contribution < 1.29 is 4.79 Å². The van der Waals surface area contributed by atoms with Crippen molar-refractivity contribution in [1.29, 1.82) is 5.41 Å². The highest BCUT2D eigenvalue weighted by Crippen LogP contribution is 2.06. The van der Waals surface area contributed by atoms with Gasteiger partial charge in [-0.15, -0.1) is 0 Å². The first-order chi connectivity index (χ1) is 6.09. The van der Waals surface area contributed by atoms with Gasteiger partial charge in [-0.25, -0.2) is 0 Å². The van der Waals surface area contributed by atoms with Crippen LogP contribution in [0.5, 0.6) is 0 Å². The summed E-state index contributed by atoms with van der Waals surface area (Å²) in [6.45, 7) is 3.63. The molecule has 0 atom stereocenters. The van der Waals surface area contributed by atoms with Crippen LogP contribution in [0.3, 0.4) is 0 Å². The van der Waals surface area contributed by atoms with Crippen LogP contribution >= 0.6 is 0 Å². The van der Waals surface area contributed by atoms with Crippen LogP contribution in [0.2, 0.25) is 0 Å². The van der Waals surface area contributed by atoms with Crippen molar-refractivity contribution in [2.45, 2.75) is 20.3 Å². The zero-order valence-electron chi connectivity index (χ0n) is 7.92. The summed E-state index contributed by atoms with van der Waals surface area (Å²) < 4.78 is 0. The fraction of sp³-hybridized carbons (Fsp3) is 0.273. The van der Waals surface area contributed by atoms with Crippen molar-refractivity contribution in [3.8, 4) is 0 Å². The molecule has 0 unspecified atom stereocenters. The van der Waals surface area contributed by atoms with Gasteiger partial charge in [0.25, 0.3) is 0 Å². The van der Waals surface area contributed by atoms with Crippen molar-refractivity contribution in [1.82, 2.24) is 0 Å². The third kappa shape index (κ3) is 2.82. The van der Waals surface area contributed by atoms with E-state index in [0.29, 0.717) is 11.3 Å². The minimum atomic E-state index is 0.0208. The Hall–Kier alpha value is -1.44. The first kappa shape index (κ1) is 9.65. The molecule has 0 aliphatic carbocycles. The summed E-state index contributed by atoms with van der Waals surface area (Å²) in [4.78, 5) is 11.4. The molecule has 0 fully saturated rings. The summed E-state index contributed by atoms with van der Waals surface area (Å²) in [5.74, 6) is 0.0208. The van der Waals surface area contributed by atoms with Gasteiger partial charge in [-0.1, -0.05) is 29.8 Å². The molecular formula is C11H13NO. The zero-order valence-corrected chi connectivity index (χ0v) is 7.92. The molecule has 2 heteroatoms. The molecule has 0 aromatic heterocycles. The maximum atomic E-state index is 11.4. The first-order valence-corrected chi connectivity index (χ1v) is 4.23. The number of hydrogen-bond donors (Lipinski definition) is 1. The minimum absolute atomic E-state index is 0.0208. The number of carbonyl (C=O) groups excluding carboxylic acids is 1. The number of Topliss-reactive ketones (excluding diaryl/α,β-unsaturated/α-hetero) is 1. The Bertz CT molecular complexity index is 324. The summed E-state index contributed by atoms with van der Waals surface area (Å²) in [7, 11) is 0. The quantitative estimate of drug-likeness (QED) is 0.556. The number of benzene rings is 1. The summed E-state index contributed by atoms with van der Waals surface area (Å²) >= 11 is 0. The van der Waals surface area contributed by atoms with Crippen LogP contribution in [0.25, 0.3) is 0 Å². The van der Waals surface area contributed by atoms with Gasteiger partial charge in [-0.2, -0.15) is 0 Å². The maximum Gasteiger partial charge on any atom is 0.168 e. The van der Waals surface area contributed by atoms with Crippen LogP contribution in [-0.4, -0.2) is 11.5 Å². The molecule has 13 heavy (non-hydrogen) atoms. The molecular weight excluding hydrogens is 162 g/mol. The van der Waals surface area contributed by atoms with Crippen molar-refractivity contribution in [2.75, 3.05) is 0 Å². The summed E-state index contributed by atoms with van der Waals surface area (Å²) in [5, 5.41) is 7.20. The molecule has 0 heterocycles. The largest absolute Gasteiger partial charge is 0.310 e. The molecule has 1 rings (SSSR count). The molecule has 2 nitrogen and oxygen atoms in total. The van der Waals surface area contributed by atoms with E-state index in [1.165, 1.54) is 0 Å². The molecule has 0 bridgehead atoms. The second-order valence-corrected chi connectivity index (χ2v) is 3.25. The Morgan fingerprint density at radius 3 is 2.31 bits per heavy atom. The fourth-order valence-electron chi connectivity index (χ4n) is 1.08. The average Bonchev–Trinajstić information content (AvgIpc) is 2.04. The molecule has 1 aromatic carbocycles. The van der Waals surface area contributed by atoms with E-state index in [0.717, 1.165) is 5.56 Å². The van der Waals surface area contributed by atoms with E-state index in [1.54, 1.807) is 19.1 Å². The van der Waals surface area contributed by atoms with E-state index >= 15 is 0 Å². The smallest absolute Gasteiger partial charge is 0.168 e. The second kappa shape index (κ2) is 3.99. The minimum Gasteiger partial charge on any atom is -0.310 e. The predicted molar refractivity (Wildman–Crippen MR) is 53.5 cm³/mol. The SMILES string of the molecule is CC(=N)CC(=O)c1ccc(C)cc1. The summed E-state index contributed by atoms with van der Waals surface area (Å²) in [6, 6.07) is 7.43. The van der Waals surface area contributed by atoms with Crippen LogP contribution in [-0.2, 0) is 0 Å². The molecule has 0 saturated carbocycles. The Labute approximate surface area is 78.1 Å². The van der Waals surface area contributed by atoms with E-state index < -0.39 is 0 Å². The number of carbonyl (C=O) groups is 1. The highest BCUT2D eigenvalue weighted by molar-refractivity contribution is 6.08. The average molecular weight is 175 g/mol. The molecule has 68 valence electrons. The van der Waals surface area contributed by atoms with Gasteiger partial charge >= 0.3 is 0 Å². The number of nitrogens with one attached hydrogen (secondary N) is 1. The molecule has 0 saturated heterocycles. The Morgan fingerprint density at radius 1 is 1.31 bits per heavy atom. The lowest BCUT2D eigenvalue weighted by Crippen LogP contribution is -2.03. The monoisotopic (exact) mass is 175 g/mol. The lowest BCUT2D eigenvalue weighted by molar-refractivity contribution is 0.100. The van der Waals surface area contributed by atoms with Crippen LogP contribution in [0.15, 0.2) is 24.3 Å². The lowest BCUT2D eigenvalue weighted by atomic mass is 10.1. The van der Waals surface area contributed by atoms with E-state index in [1.807, 2.05) is 19.1 Å². The normalized spacial score (nSPS) is 9.69. The standard InChI is InChI=1S/C11H13NO/c1-8-3-5-10(6-4-8)11(13)7-9(2)12/h3-6,12H,7H2,1-2H3. The van der Waals surface area contributed by atoms with Crippen LogP contribution in [0.4, 0.5) is 0 Å². The number of rotatable bonds is 3. The van der Waals surface area contributed by atoms with Crippen LogP contribution in [0, 0.1) is 12.3 Å². The Kier molecular flexibility index (Phi) is 2.96. The molecule has 0 amide bonds. The van der Waals surface area contributed by atoms with Crippen molar-refractivity contribution in [3.63, 3.8) is 0 Å². The molecule has 0 aliphatic rings. The number of hydrogen-bond acceptors (Lipinski definition) is 2. The van der Waals surface area contributed by atoms with Gasteiger partial charge in [0.15, 0.2) is 5.78 Å². The molecule has 1 N–H and O–H groups in total. The zero-order chi connectivity index (χ0) is 9.84. The third-order valence-corrected chi connectivity index (χ3v) is 1.80. The molecule has 1 aromatic rings. The highest BCUT2D eigenvalue weighted by atomic mass is 16.1. The van der Waals surface area contributed by atoms with Crippen molar-refractivity contribution in [3.05, 3.63) is 35.4 Å².